The number of aryl methyl sites for hydroxylation is 1. The van der Waals surface area contributed by atoms with Gasteiger partial charge in [-0.3, -0.25) is 0 Å². The number of pyridine rings is 1. The van der Waals surface area contributed by atoms with E-state index >= 15 is 0 Å². The quantitative estimate of drug-likeness (QED) is 0.490. The summed E-state index contributed by atoms with van der Waals surface area (Å²) in [6.07, 6.45) is 1.99. The molecule has 0 aliphatic heterocycles. The van der Waals surface area contributed by atoms with Gasteiger partial charge in [-0.25, -0.2) is 0 Å². The minimum atomic E-state index is 0.925. The van der Waals surface area contributed by atoms with Crippen molar-refractivity contribution in [1.82, 2.24) is 0 Å². The SMILES string of the molecule is C[n+]1cccc2c3ccccc3oc21. The Hall–Kier alpha value is -1.83. The number of nitrogens with zero attached hydrogens (tertiary/aromatic N) is 1. The summed E-state index contributed by atoms with van der Waals surface area (Å²) in [7, 11) is 1.99. The van der Waals surface area contributed by atoms with Gasteiger partial charge in [0.25, 0.3) is 0 Å². The van der Waals surface area contributed by atoms with Gasteiger partial charge in [0.15, 0.2) is 6.20 Å². The van der Waals surface area contributed by atoms with E-state index in [1.165, 1.54) is 10.8 Å². The van der Waals surface area contributed by atoms with Gasteiger partial charge in [0, 0.05) is 11.5 Å². The van der Waals surface area contributed by atoms with Crippen molar-refractivity contribution in [2.24, 2.45) is 7.05 Å². The molecule has 0 spiro atoms. The summed E-state index contributed by atoms with van der Waals surface area (Å²) in [5.74, 6) is 0. The summed E-state index contributed by atoms with van der Waals surface area (Å²) < 4.78 is 7.74. The molecular weight excluding hydrogens is 174 g/mol. The van der Waals surface area contributed by atoms with Gasteiger partial charge in [-0.15, -0.1) is 0 Å². The van der Waals surface area contributed by atoms with Gasteiger partial charge in [0.1, 0.15) is 12.6 Å². The number of fused-ring (bicyclic) bond motifs is 3. The molecule has 3 rings (SSSR count). The predicted octanol–water partition coefficient (Wildman–Crippen LogP) is 2.41. The highest BCUT2D eigenvalue weighted by Crippen LogP contribution is 2.25. The van der Waals surface area contributed by atoms with Crippen molar-refractivity contribution in [3.63, 3.8) is 0 Å². The monoisotopic (exact) mass is 184 g/mol. The van der Waals surface area contributed by atoms with Crippen LogP contribution in [0.3, 0.4) is 0 Å². The zero-order valence-corrected chi connectivity index (χ0v) is 7.90. The van der Waals surface area contributed by atoms with E-state index in [0.29, 0.717) is 0 Å². The van der Waals surface area contributed by atoms with Crippen molar-refractivity contribution in [2.45, 2.75) is 0 Å². The average molecular weight is 184 g/mol. The largest absolute Gasteiger partial charge is 0.404 e. The lowest BCUT2D eigenvalue weighted by molar-refractivity contribution is -0.651. The summed E-state index contributed by atoms with van der Waals surface area (Å²) in [5, 5.41) is 2.35. The van der Waals surface area contributed by atoms with E-state index in [4.69, 9.17) is 4.42 Å². The zero-order chi connectivity index (χ0) is 9.54. The van der Waals surface area contributed by atoms with Crippen LogP contribution < -0.4 is 4.57 Å². The van der Waals surface area contributed by atoms with Crippen LogP contribution in [0.5, 0.6) is 0 Å². The van der Waals surface area contributed by atoms with Crippen molar-refractivity contribution in [1.29, 1.82) is 0 Å². The molecule has 0 aliphatic rings. The molecule has 0 atom stereocenters. The molecule has 0 N–H and O–H groups in total. The minimum Gasteiger partial charge on any atom is -0.404 e. The van der Waals surface area contributed by atoms with Crippen molar-refractivity contribution >= 4 is 22.1 Å². The van der Waals surface area contributed by atoms with Crippen LogP contribution in [0.2, 0.25) is 0 Å². The maximum atomic E-state index is 5.75. The lowest BCUT2D eigenvalue weighted by Gasteiger charge is -1.85. The molecule has 3 aromatic rings. The smallest absolute Gasteiger partial charge is 0.381 e. The Bertz CT molecular complexity index is 610. The molecule has 1 aromatic carbocycles. The summed E-state index contributed by atoms with van der Waals surface area (Å²) in [4.78, 5) is 0. The highest BCUT2D eigenvalue weighted by molar-refractivity contribution is 6.02. The van der Waals surface area contributed by atoms with Crippen LogP contribution in [0.4, 0.5) is 0 Å². The van der Waals surface area contributed by atoms with Crippen LogP contribution in [0.25, 0.3) is 22.1 Å². The Morgan fingerprint density at radius 3 is 2.71 bits per heavy atom. The fourth-order valence-corrected chi connectivity index (χ4v) is 1.81. The van der Waals surface area contributed by atoms with Crippen molar-refractivity contribution < 1.29 is 8.98 Å². The zero-order valence-electron chi connectivity index (χ0n) is 7.90. The summed E-state index contributed by atoms with van der Waals surface area (Å²) >= 11 is 0. The summed E-state index contributed by atoms with van der Waals surface area (Å²) in [6.45, 7) is 0. The highest BCUT2D eigenvalue weighted by Gasteiger charge is 2.12. The molecule has 0 aliphatic carbocycles. The van der Waals surface area contributed by atoms with Crippen LogP contribution in [-0.2, 0) is 7.05 Å². The number of hydrogen-bond acceptors (Lipinski definition) is 1. The first kappa shape index (κ1) is 7.56. The van der Waals surface area contributed by atoms with E-state index in [9.17, 15) is 0 Å². The first-order chi connectivity index (χ1) is 6.86. The lowest BCUT2D eigenvalue weighted by atomic mass is 10.2. The van der Waals surface area contributed by atoms with Crippen LogP contribution in [0, 0.1) is 0 Å². The van der Waals surface area contributed by atoms with E-state index in [1.807, 2.05) is 42.1 Å². The molecule has 0 amide bonds. The maximum Gasteiger partial charge on any atom is 0.381 e. The third-order valence-electron chi connectivity index (χ3n) is 2.51. The Labute approximate surface area is 81.4 Å². The second-order valence-electron chi connectivity index (χ2n) is 3.44. The summed E-state index contributed by atoms with van der Waals surface area (Å²) in [6, 6.07) is 12.2. The molecule has 14 heavy (non-hydrogen) atoms. The normalized spacial score (nSPS) is 11.2. The highest BCUT2D eigenvalue weighted by atomic mass is 16.3. The predicted molar refractivity (Wildman–Crippen MR) is 54.9 cm³/mol. The molecule has 0 bridgehead atoms. The number of hydrogen-bond donors (Lipinski definition) is 0. The topological polar surface area (TPSA) is 17.0 Å². The molecule has 0 saturated heterocycles. The molecule has 0 fully saturated rings. The van der Waals surface area contributed by atoms with E-state index < -0.39 is 0 Å². The maximum absolute atomic E-state index is 5.75. The molecular formula is C12H10NO+. The third-order valence-corrected chi connectivity index (χ3v) is 2.51. The van der Waals surface area contributed by atoms with Crippen molar-refractivity contribution in [2.75, 3.05) is 0 Å². The van der Waals surface area contributed by atoms with Gasteiger partial charge in [-0.1, -0.05) is 18.2 Å². The number of rotatable bonds is 0. The molecule has 0 radical (unpaired) electrons. The minimum absolute atomic E-state index is 0.925. The van der Waals surface area contributed by atoms with E-state index in [0.717, 1.165) is 11.3 Å². The fraction of sp³-hybridized carbons (Fsp3) is 0.0833. The van der Waals surface area contributed by atoms with Crippen LogP contribution in [0.15, 0.2) is 47.0 Å². The van der Waals surface area contributed by atoms with Gasteiger partial charge in [0.05, 0.1) is 5.39 Å². The first-order valence-corrected chi connectivity index (χ1v) is 4.62. The van der Waals surface area contributed by atoms with Gasteiger partial charge in [-0.2, -0.15) is 4.57 Å². The average Bonchev–Trinajstić information content (AvgIpc) is 2.59. The third kappa shape index (κ3) is 0.880. The Morgan fingerprint density at radius 1 is 1.00 bits per heavy atom. The van der Waals surface area contributed by atoms with Gasteiger partial charge < -0.3 is 4.42 Å². The van der Waals surface area contributed by atoms with Gasteiger partial charge >= 0.3 is 5.71 Å². The number of aromatic nitrogens is 1. The van der Waals surface area contributed by atoms with E-state index in [2.05, 4.69) is 12.1 Å². The molecule has 2 nitrogen and oxygen atoms in total. The number of benzene rings is 1. The molecule has 2 heteroatoms. The molecule has 68 valence electrons. The van der Waals surface area contributed by atoms with Crippen molar-refractivity contribution in [3.8, 4) is 0 Å². The molecule has 2 aromatic heterocycles. The van der Waals surface area contributed by atoms with Gasteiger partial charge in [0.2, 0.25) is 0 Å². The Morgan fingerprint density at radius 2 is 1.79 bits per heavy atom. The van der Waals surface area contributed by atoms with Crippen LogP contribution in [-0.4, -0.2) is 0 Å². The number of para-hydroxylation sites is 1. The Kier molecular flexibility index (Phi) is 1.39. The second-order valence-corrected chi connectivity index (χ2v) is 3.44. The standard InChI is InChI=1S/C12H10NO/c1-13-8-4-6-10-9-5-2-3-7-11(9)14-12(10)13/h2-8H,1H3/q+1. The molecule has 0 unspecified atom stereocenters. The Balaban J connectivity index is 2.63. The van der Waals surface area contributed by atoms with Crippen LogP contribution in [0.1, 0.15) is 0 Å². The van der Waals surface area contributed by atoms with Crippen LogP contribution >= 0.6 is 0 Å². The second kappa shape index (κ2) is 2.58. The fourth-order valence-electron chi connectivity index (χ4n) is 1.81. The van der Waals surface area contributed by atoms with Crippen molar-refractivity contribution in [3.05, 3.63) is 42.6 Å². The lowest BCUT2D eigenvalue weighted by Crippen LogP contribution is -2.27. The summed E-state index contributed by atoms with van der Waals surface area (Å²) in [5.41, 5.74) is 1.87. The van der Waals surface area contributed by atoms with E-state index in [-0.39, 0.29) is 0 Å². The molecule has 0 saturated carbocycles. The molecule has 2 heterocycles. The number of furan rings is 1. The van der Waals surface area contributed by atoms with E-state index in [1.54, 1.807) is 0 Å². The first-order valence-electron chi connectivity index (χ1n) is 4.62. The van der Waals surface area contributed by atoms with Gasteiger partial charge in [-0.05, 0) is 12.1 Å².